The third-order valence-corrected chi connectivity index (χ3v) is 4.06. The van der Waals surface area contributed by atoms with Crippen molar-refractivity contribution in [3.8, 4) is 17.2 Å². The Morgan fingerprint density at radius 3 is 2.76 bits per heavy atom. The monoisotopic (exact) mass is 340 g/mol. The van der Waals surface area contributed by atoms with Crippen LogP contribution >= 0.6 is 0 Å². The largest absolute Gasteiger partial charge is 0.482 e. The van der Waals surface area contributed by atoms with E-state index < -0.39 is 0 Å². The Bertz CT molecular complexity index is 865. The van der Waals surface area contributed by atoms with Crippen molar-refractivity contribution in [2.75, 3.05) is 25.8 Å². The number of rotatable bonds is 3. The van der Waals surface area contributed by atoms with Crippen molar-refractivity contribution in [2.45, 2.75) is 6.54 Å². The van der Waals surface area contributed by atoms with Gasteiger partial charge in [-0.15, -0.1) is 0 Å². The van der Waals surface area contributed by atoms with Gasteiger partial charge < -0.3 is 24.4 Å². The van der Waals surface area contributed by atoms with E-state index in [-0.39, 0.29) is 25.2 Å². The van der Waals surface area contributed by atoms with Crippen LogP contribution in [-0.4, -0.2) is 37.2 Å². The molecule has 0 aromatic heterocycles. The highest BCUT2D eigenvalue weighted by molar-refractivity contribution is 5.99. The van der Waals surface area contributed by atoms with Gasteiger partial charge in [0.2, 0.25) is 6.79 Å². The number of hydrogen-bond acceptors (Lipinski definition) is 5. The fourth-order valence-electron chi connectivity index (χ4n) is 2.82. The minimum Gasteiger partial charge on any atom is -0.482 e. The Hall–Kier alpha value is -3.22. The standard InChI is InChI=1S/C18H16N2O5/c1-20(8-11-2-4-15-16(6-11)25-10-24-15)18(22)12-3-5-14-13(7-12)19-17(21)9-23-14/h2-7H,8-10H2,1H3,(H,19,21). The van der Waals surface area contributed by atoms with E-state index in [1.807, 2.05) is 18.2 Å². The third-order valence-electron chi connectivity index (χ3n) is 4.06. The lowest BCUT2D eigenvalue weighted by Crippen LogP contribution is -2.28. The first-order chi connectivity index (χ1) is 12.1. The molecule has 0 aliphatic carbocycles. The van der Waals surface area contributed by atoms with Gasteiger partial charge in [0.15, 0.2) is 18.1 Å². The second-order valence-electron chi connectivity index (χ2n) is 5.90. The molecule has 0 radical (unpaired) electrons. The van der Waals surface area contributed by atoms with Crippen molar-refractivity contribution < 1.29 is 23.8 Å². The molecule has 0 fully saturated rings. The zero-order valence-corrected chi connectivity index (χ0v) is 13.6. The summed E-state index contributed by atoms with van der Waals surface area (Å²) in [5.41, 5.74) is 1.93. The number of carbonyl (C=O) groups excluding carboxylic acids is 2. The molecule has 0 saturated heterocycles. The molecule has 2 aromatic rings. The number of fused-ring (bicyclic) bond motifs is 2. The Morgan fingerprint density at radius 2 is 1.88 bits per heavy atom. The van der Waals surface area contributed by atoms with E-state index in [1.165, 1.54) is 0 Å². The van der Waals surface area contributed by atoms with Crippen molar-refractivity contribution in [1.29, 1.82) is 0 Å². The molecule has 128 valence electrons. The summed E-state index contributed by atoms with van der Waals surface area (Å²) >= 11 is 0. The molecule has 2 aliphatic rings. The van der Waals surface area contributed by atoms with Crippen LogP contribution in [0.25, 0.3) is 0 Å². The van der Waals surface area contributed by atoms with Crippen molar-refractivity contribution in [2.24, 2.45) is 0 Å². The molecule has 4 rings (SSSR count). The van der Waals surface area contributed by atoms with Gasteiger partial charge in [-0.05, 0) is 35.9 Å². The lowest BCUT2D eigenvalue weighted by molar-refractivity contribution is -0.118. The van der Waals surface area contributed by atoms with Gasteiger partial charge in [-0.2, -0.15) is 0 Å². The van der Waals surface area contributed by atoms with E-state index >= 15 is 0 Å². The molecule has 1 N–H and O–H groups in total. The lowest BCUT2D eigenvalue weighted by Gasteiger charge is -2.21. The number of nitrogens with one attached hydrogen (secondary N) is 1. The maximum absolute atomic E-state index is 12.7. The smallest absolute Gasteiger partial charge is 0.262 e. The van der Waals surface area contributed by atoms with Crippen molar-refractivity contribution >= 4 is 17.5 Å². The van der Waals surface area contributed by atoms with E-state index in [0.29, 0.717) is 35.0 Å². The van der Waals surface area contributed by atoms with Crippen molar-refractivity contribution in [1.82, 2.24) is 4.90 Å². The maximum Gasteiger partial charge on any atom is 0.262 e. The zero-order valence-electron chi connectivity index (χ0n) is 13.6. The van der Waals surface area contributed by atoms with Crippen LogP contribution in [0.15, 0.2) is 36.4 Å². The summed E-state index contributed by atoms with van der Waals surface area (Å²) in [6, 6.07) is 10.6. The molecule has 2 heterocycles. The molecule has 0 bridgehead atoms. The van der Waals surface area contributed by atoms with Gasteiger partial charge in [0.1, 0.15) is 5.75 Å². The molecule has 7 heteroatoms. The van der Waals surface area contributed by atoms with Crippen LogP contribution in [0.4, 0.5) is 5.69 Å². The van der Waals surface area contributed by atoms with Crippen LogP contribution in [0.1, 0.15) is 15.9 Å². The fourth-order valence-corrected chi connectivity index (χ4v) is 2.82. The van der Waals surface area contributed by atoms with Gasteiger partial charge in [0.25, 0.3) is 11.8 Å². The third kappa shape index (κ3) is 2.96. The minimum absolute atomic E-state index is 0.00961. The van der Waals surface area contributed by atoms with Crippen LogP contribution in [0.3, 0.4) is 0 Å². The Labute approximate surface area is 144 Å². The highest BCUT2D eigenvalue weighted by Gasteiger charge is 2.20. The number of amides is 2. The summed E-state index contributed by atoms with van der Waals surface area (Å²) in [4.78, 5) is 25.7. The fraction of sp³-hybridized carbons (Fsp3) is 0.222. The van der Waals surface area contributed by atoms with Crippen LogP contribution < -0.4 is 19.5 Å². The predicted octanol–water partition coefficient (Wildman–Crippen LogP) is 2.02. The SMILES string of the molecule is CN(Cc1ccc2c(c1)OCO2)C(=O)c1ccc2c(c1)NC(=O)CO2. The van der Waals surface area contributed by atoms with E-state index in [2.05, 4.69) is 5.32 Å². The first-order valence-electron chi connectivity index (χ1n) is 7.81. The van der Waals surface area contributed by atoms with Gasteiger partial charge in [0.05, 0.1) is 5.69 Å². The number of carbonyl (C=O) groups is 2. The second-order valence-corrected chi connectivity index (χ2v) is 5.90. The molecule has 0 unspecified atom stereocenters. The highest BCUT2D eigenvalue weighted by atomic mass is 16.7. The molecule has 0 atom stereocenters. The second kappa shape index (κ2) is 6.01. The van der Waals surface area contributed by atoms with E-state index in [0.717, 1.165) is 5.56 Å². The van der Waals surface area contributed by atoms with Crippen LogP contribution in [0.2, 0.25) is 0 Å². The Balaban J connectivity index is 1.50. The predicted molar refractivity (Wildman–Crippen MR) is 88.9 cm³/mol. The van der Waals surface area contributed by atoms with E-state index in [9.17, 15) is 9.59 Å². The van der Waals surface area contributed by atoms with Crippen molar-refractivity contribution in [3.63, 3.8) is 0 Å². The summed E-state index contributed by atoms with van der Waals surface area (Å²) in [6.45, 7) is 0.635. The molecule has 2 aromatic carbocycles. The van der Waals surface area contributed by atoms with Crippen LogP contribution in [-0.2, 0) is 11.3 Å². The molecule has 2 aliphatic heterocycles. The van der Waals surface area contributed by atoms with Gasteiger partial charge >= 0.3 is 0 Å². The highest BCUT2D eigenvalue weighted by Crippen LogP contribution is 2.33. The van der Waals surface area contributed by atoms with Gasteiger partial charge in [-0.25, -0.2) is 0 Å². The average molecular weight is 340 g/mol. The summed E-state index contributed by atoms with van der Waals surface area (Å²) < 4.78 is 16.0. The summed E-state index contributed by atoms with van der Waals surface area (Å²) in [6.07, 6.45) is 0. The number of hydrogen-bond donors (Lipinski definition) is 1. The number of anilines is 1. The average Bonchev–Trinajstić information content (AvgIpc) is 3.08. The van der Waals surface area contributed by atoms with Gasteiger partial charge in [-0.3, -0.25) is 9.59 Å². The Morgan fingerprint density at radius 1 is 1.08 bits per heavy atom. The number of nitrogens with zero attached hydrogens (tertiary/aromatic N) is 1. The van der Waals surface area contributed by atoms with Gasteiger partial charge in [-0.1, -0.05) is 6.07 Å². The normalized spacial score (nSPS) is 14.4. The first kappa shape index (κ1) is 15.3. The quantitative estimate of drug-likeness (QED) is 0.925. The van der Waals surface area contributed by atoms with Crippen LogP contribution in [0.5, 0.6) is 17.2 Å². The number of benzene rings is 2. The Kier molecular flexibility index (Phi) is 3.68. The molecule has 0 saturated carbocycles. The molecular formula is C18H16N2O5. The zero-order chi connectivity index (χ0) is 17.4. The summed E-state index contributed by atoms with van der Waals surface area (Å²) in [5, 5.41) is 2.71. The molecule has 7 nitrogen and oxygen atoms in total. The number of ether oxygens (including phenoxy) is 3. The molecular weight excluding hydrogens is 324 g/mol. The van der Waals surface area contributed by atoms with E-state index in [4.69, 9.17) is 14.2 Å². The lowest BCUT2D eigenvalue weighted by atomic mass is 10.1. The topological polar surface area (TPSA) is 77.1 Å². The van der Waals surface area contributed by atoms with E-state index in [1.54, 1.807) is 30.1 Å². The van der Waals surface area contributed by atoms with Crippen molar-refractivity contribution in [3.05, 3.63) is 47.5 Å². The molecule has 2 amide bonds. The van der Waals surface area contributed by atoms with Gasteiger partial charge in [0, 0.05) is 19.2 Å². The summed E-state index contributed by atoms with van der Waals surface area (Å²) in [7, 11) is 1.72. The minimum atomic E-state index is -0.231. The summed E-state index contributed by atoms with van der Waals surface area (Å²) in [5.74, 6) is 1.58. The van der Waals surface area contributed by atoms with Crippen LogP contribution in [0, 0.1) is 0 Å². The first-order valence-corrected chi connectivity index (χ1v) is 7.81. The molecule has 0 spiro atoms. The molecule has 25 heavy (non-hydrogen) atoms. The maximum atomic E-state index is 12.7.